The Labute approximate surface area is 148 Å². The molecule has 1 fully saturated rings. The summed E-state index contributed by atoms with van der Waals surface area (Å²) in [5.41, 5.74) is 0.777. The second-order valence-electron chi connectivity index (χ2n) is 6.14. The zero-order chi connectivity index (χ0) is 18.1. The number of nitrogens with zero attached hydrogens (tertiary/aromatic N) is 6. The van der Waals surface area contributed by atoms with Gasteiger partial charge in [0.05, 0.1) is 12.8 Å². The molecule has 9 heteroatoms. The van der Waals surface area contributed by atoms with Crippen molar-refractivity contribution in [1.29, 1.82) is 0 Å². The van der Waals surface area contributed by atoms with Gasteiger partial charge in [-0.3, -0.25) is 14.2 Å². The van der Waals surface area contributed by atoms with E-state index in [9.17, 15) is 9.59 Å². The highest BCUT2D eigenvalue weighted by Gasteiger charge is 2.20. The molecule has 1 aromatic carbocycles. The van der Waals surface area contributed by atoms with Crippen LogP contribution in [0.2, 0.25) is 0 Å². The molecule has 0 N–H and O–H groups in total. The summed E-state index contributed by atoms with van der Waals surface area (Å²) < 4.78 is 7.97. The average Bonchev–Trinajstić information content (AvgIpc) is 3.34. The van der Waals surface area contributed by atoms with Gasteiger partial charge >= 0.3 is 0 Å². The number of rotatable bonds is 4. The number of hydrogen-bond donors (Lipinski definition) is 0. The molecule has 0 unspecified atom stereocenters. The fourth-order valence-electron chi connectivity index (χ4n) is 3.08. The zero-order valence-electron chi connectivity index (χ0n) is 14.3. The molecule has 1 amide bonds. The molecule has 134 valence electrons. The topological polar surface area (TPSA) is 95.1 Å². The highest BCUT2D eigenvalue weighted by atomic mass is 16.5. The first-order chi connectivity index (χ1) is 12.7. The summed E-state index contributed by atoms with van der Waals surface area (Å²) >= 11 is 0. The van der Waals surface area contributed by atoms with Gasteiger partial charge in [-0.2, -0.15) is 4.68 Å². The van der Waals surface area contributed by atoms with E-state index in [4.69, 9.17) is 4.74 Å². The number of fused-ring (bicyclic) bond motifs is 1. The Morgan fingerprint density at radius 3 is 2.85 bits per heavy atom. The van der Waals surface area contributed by atoms with Crippen molar-refractivity contribution in [2.45, 2.75) is 19.4 Å². The third kappa shape index (κ3) is 2.81. The first-order valence-corrected chi connectivity index (χ1v) is 8.40. The Kier molecular flexibility index (Phi) is 4.11. The molecule has 0 spiro atoms. The molecule has 2 aromatic heterocycles. The maximum absolute atomic E-state index is 12.7. The van der Waals surface area contributed by atoms with E-state index < -0.39 is 0 Å². The van der Waals surface area contributed by atoms with Gasteiger partial charge in [0.15, 0.2) is 11.2 Å². The van der Waals surface area contributed by atoms with Crippen molar-refractivity contribution in [1.82, 2.24) is 29.4 Å². The van der Waals surface area contributed by atoms with Gasteiger partial charge in [0.2, 0.25) is 5.91 Å². The molecule has 4 rings (SSSR count). The van der Waals surface area contributed by atoms with Crippen LogP contribution >= 0.6 is 0 Å². The molecule has 0 saturated carbocycles. The number of hydrogen-bond acceptors (Lipinski definition) is 6. The van der Waals surface area contributed by atoms with Crippen LogP contribution in [-0.4, -0.2) is 55.6 Å². The summed E-state index contributed by atoms with van der Waals surface area (Å²) in [4.78, 5) is 31.0. The first-order valence-electron chi connectivity index (χ1n) is 8.40. The number of likely N-dealkylation sites (tertiary alicyclic amines) is 1. The molecule has 9 nitrogen and oxygen atoms in total. The lowest BCUT2D eigenvalue weighted by atomic mass is 10.3. The Hall–Kier alpha value is -3.23. The normalized spacial score (nSPS) is 14.1. The summed E-state index contributed by atoms with van der Waals surface area (Å²) in [7, 11) is 1.58. The molecular weight excluding hydrogens is 336 g/mol. The average molecular weight is 354 g/mol. The maximum atomic E-state index is 12.7. The zero-order valence-corrected chi connectivity index (χ0v) is 14.3. The molecular formula is C17H18N6O3. The van der Waals surface area contributed by atoms with Crippen LogP contribution in [0.1, 0.15) is 12.8 Å². The smallest absolute Gasteiger partial charge is 0.284 e. The molecule has 1 aliphatic rings. The van der Waals surface area contributed by atoms with Crippen molar-refractivity contribution >= 4 is 17.1 Å². The molecule has 26 heavy (non-hydrogen) atoms. The van der Waals surface area contributed by atoms with E-state index in [1.807, 2.05) is 18.2 Å². The minimum Gasteiger partial charge on any atom is -0.497 e. The van der Waals surface area contributed by atoms with Crippen molar-refractivity contribution in [3.8, 4) is 11.4 Å². The van der Waals surface area contributed by atoms with Crippen molar-refractivity contribution in [3.63, 3.8) is 0 Å². The molecule has 0 atom stereocenters. The minimum atomic E-state index is -0.378. The second-order valence-corrected chi connectivity index (χ2v) is 6.14. The van der Waals surface area contributed by atoms with Crippen molar-refractivity contribution in [2.24, 2.45) is 0 Å². The van der Waals surface area contributed by atoms with Crippen LogP contribution in [0.4, 0.5) is 0 Å². The number of aromatic nitrogens is 5. The molecule has 1 aliphatic heterocycles. The van der Waals surface area contributed by atoms with E-state index in [0.29, 0.717) is 17.1 Å². The summed E-state index contributed by atoms with van der Waals surface area (Å²) in [5, 5.41) is 8.01. The predicted molar refractivity (Wildman–Crippen MR) is 93.3 cm³/mol. The van der Waals surface area contributed by atoms with Crippen LogP contribution in [-0.2, 0) is 11.3 Å². The predicted octanol–water partition coefficient (Wildman–Crippen LogP) is 0.608. The molecule has 1 saturated heterocycles. The molecule has 0 aliphatic carbocycles. The van der Waals surface area contributed by atoms with Gasteiger partial charge in [-0.1, -0.05) is 11.3 Å². The number of carbonyl (C=O) groups is 1. The summed E-state index contributed by atoms with van der Waals surface area (Å²) in [6.07, 6.45) is 3.39. The SMILES string of the molecule is COc1cccc(-n2nnc3c(=O)n(CC(=O)N4CCCC4)cnc32)c1. The fraction of sp³-hybridized carbons (Fsp3) is 0.353. The number of amides is 1. The van der Waals surface area contributed by atoms with Crippen molar-refractivity contribution < 1.29 is 9.53 Å². The first kappa shape index (κ1) is 16.2. The summed E-state index contributed by atoms with van der Waals surface area (Å²) in [6, 6.07) is 7.23. The van der Waals surface area contributed by atoms with Gasteiger partial charge in [0.25, 0.3) is 5.56 Å². The van der Waals surface area contributed by atoms with Gasteiger partial charge in [-0.25, -0.2) is 4.98 Å². The number of benzene rings is 1. The monoisotopic (exact) mass is 354 g/mol. The molecule has 0 radical (unpaired) electrons. The second kappa shape index (κ2) is 6.58. The van der Waals surface area contributed by atoms with Crippen LogP contribution in [0, 0.1) is 0 Å². The Bertz CT molecular complexity index is 1020. The van der Waals surface area contributed by atoms with E-state index in [1.54, 1.807) is 18.1 Å². The summed E-state index contributed by atoms with van der Waals surface area (Å²) in [6.45, 7) is 1.46. The Balaban J connectivity index is 1.69. The van der Waals surface area contributed by atoms with Gasteiger partial charge in [-0.15, -0.1) is 5.10 Å². The van der Waals surface area contributed by atoms with E-state index in [1.165, 1.54) is 15.6 Å². The molecule has 3 aromatic rings. The van der Waals surface area contributed by atoms with Crippen LogP contribution in [0.25, 0.3) is 16.9 Å². The lowest BCUT2D eigenvalue weighted by Crippen LogP contribution is -2.34. The maximum Gasteiger partial charge on any atom is 0.284 e. The Morgan fingerprint density at radius 1 is 1.27 bits per heavy atom. The van der Waals surface area contributed by atoms with E-state index in [-0.39, 0.29) is 23.5 Å². The standard InChI is InChI=1S/C17H18N6O3/c1-26-13-6-4-5-12(9-13)23-16-15(19-20-23)17(25)22(11-18-16)10-14(24)21-7-2-3-8-21/h4-6,9,11H,2-3,7-8,10H2,1H3. The van der Waals surface area contributed by atoms with Gasteiger partial charge in [0.1, 0.15) is 18.6 Å². The fourth-order valence-corrected chi connectivity index (χ4v) is 3.08. The van der Waals surface area contributed by atoms with Crippen LogP contribution in [0.5, 0.6) is 5.75 Å². The lowest BCUT2D eigenvalue weighted by molar-refractivity contribution is -0.130. The van der Waals surface area contributed by atoms with E-state index in [2.05, 4.69) is 15.3 Å². The highest BCUT2D eigenvalue weighted by molar-refractivity contribution is 5.77. The van der Waals surface area contributed by atoms with E-state index in [0.717, 1.165) is 25.9 Å². The van der Waals surface area contributed by atoms with Gasteiger partial charge < -0.3 is 9.64 Å². The molecule has 0 bridgehead atoms. The highest BCUT2D eigenvalue weighted by Crippen LogP contribution is 2.18. The third-order valence-electron chi connectivity index (χ3n) is 4.49. The number of ether oxygens (including phenoxy) is 1. The Morgan fingerprint density at radius 2 is 2.08 bits per heavy atom. The number of carbonyl (C=O) groups excluding carboxylic acids is 1. The summed E-state index contributed by atoms with van der Waals surface area (Å²) in [5.74, 6) is 0.585. The third-order valence-corrected chi connectivity index (χ3v) is 4.49. The van der Waals surface area contributed by atoms with Crippen LogP contribution in [0.3, 0.4) is 0 Å². The van der Waals surface area contributed by atoms with Crippen molar-refractivity contribution in [3.05, 3.63) is 40.9 Å². The quantitative estimate of drug-likeness (QED) is 0.681. The largest absolute Gasteiger partial charge is 0.497 e. The van der Waals surface area contributed by atoms with Crippen LogP contribution in [0.15, 0.2) is 35.4 Å². The van der Waals surface area contributed by atoms with Gasteiger partial charge in [-0.05, 0) is 25.0 Å². The number of methoxy groups -OCH3 is 1. The molecule has 3 heterocycles. The van der Waals surface area contributed by atoms with E-state index >= 15 is 0 Å². The van der Waals surface area contributed by atoms with Gasteiger partial charge in [0, 0.05) is 19.2 Å². The lowest BCUT2D eigenvalue weighted by Gasteiger charge is -2.15. The minimum absolute atomic E-state index is 0.0339. The van der Waals surface area contributed by atoms with Crippen molar-refractivity contribution in [2.75, 3.05) is 20.2 Å². The van der Waals surface area contributed by atoms with Crippen LogP contribution < -0.4 is 10.3 Å².